The van der Waals surface area contributed by atoms with Crippen LogP contribution in [0.2, 0.25) is 0 Å². The Morgan fingerprint density at radius 2 is 2.09 bits per heavy atom. The molecule has 0 N–H and O–H groups in total. The predicted molar refractivity (Wildman–Crippen MR) is 89.5 cm³/mol. The molecule has 2 aromatic heterocycles. The van der Waals surface area contributed by atoms with E-state index in [0.29, 0.717) is 5.69 Å². The van der Waals surface area contributed by atoms with Crippen molar-refractivity contribution in [3.05, 3.63) is 42.5 Å². The zero-order valence-electron chi connectivity index (χ0n) is 13.6. The van der Waals surface area contributed by atoms with Gasteiger partial charge in [0.1, 0.15) is 5.69 Å². The first-order valence-corrected chi connectivity index (χ1v) is 8.18. The van der Waals surface area contributed by atoms with Gasteiger partial charge in [0.05, 0.1) is 6.54 Å². The third-order valence-corrected chi connectivity index (χ3v) is 4.27. The molecule has 0 spiro atoms. The van der Waals surface area contributed by atoms with Gasteiger partial charge < -0.3 is 9.80 Å². The molecule has 6 heteroatoms. The van der Waals surface area contributed by atoms with Gasteiger partial charge in [-0.3, -0.25) is 14.5 Å². The number of carbonyl (C=O) groups is 1. The molecule has 23 heavy (non-hydrogen) atoms. The molecule has 1 fully saturated rings. The summed E-state index contributed by atoms with van der Waals surface area (Å²) in [4.78, 5) is 20.9. The van der Waals surface area contributed by atoms with E-state index in [-0.39, 0.29) is 5.91 Å². The fraction of sp³-hybridized carbons (Fsp3) is 0.471. The maximum absolute atomic E-state index is 12.5. The lowest BCUT2D eigenvalue weighted by atomic mass is 10.1. The summed E-state index contributed by atoms with van der Waals surface area (Å²) in [6.45, 7) is 3.32. The summed E-state index contributed by atoms with van der Waals surface area (Å²) < 4.78 is 1.90. The van der Waals surface area contributed by atoms with E-state index in [4.69, 9.17) is 0 Å². The number of amides is 1. The molecule has 122 valence electrons. The minimum atomic E-state index is 0.0482. The lowest BCUT2D eigenvalue weighted by Gasteiger charge is -2.27. The Morgan fingerprint density at radius 1 is 1.26 bits per heavy atom. The zero-order valence-corrected chi connectivity index (χ0v) is 13.6. The minimum absolute atomic E-state index is 0.0482. The number of carbonyl (C=O) groups excluding carboxylic acids is 1. The van der Waals surface area contributed by atoms with E-state index < -0.39 is 0 Å². The molecule has 3 rings (SSSR count). The molecule has 0 saturated carbocycles. The summed E-state index contributed by atoms with van der Waals surface area (Å²) in [5.41, 5.74) is 1.54. The van der Waals surface area contributed by atoms with Gasteiger partial charge in [-0.2, -0.15) is 5.10 Å². The van der Waals surface area contributed by atoms with Crippen molar-refractivity contribution in [1.29, 1.82) is 0 Å². The molecule has 3 heterocycles. The van der Waals surface area contributed by atoms with E-state index in [9.17, 15) is 4.79 Å². The van der Waals surface area contributed by atoms with Crippen LogP contribution in [0.3, 0.4) is 0 Å². The van der Waals surface area contributed by atoms with Crippen LogP contribution in [-0.2, 0) is 6.54 Å². The lowest BCUT2D eigenvalue weighted by Crippen LogP contribution is -2.36. The standard InChI is InChI=1S/C17H23N5O/c1-20(12-13-22-11-5-7-19-22)15-6-8-18-16(14-15)17(23)21-9-3-2-4-10-21/h5-8,11,14H,2-4,9-10,12-13H2,1H3. The van der Waals surface area contributed by atoms with E-state index >= 15 is 0 Å². The molecule has 1 amide bonds. The monoisotopic (exact) mass is 313 g/mol. The van der Waals surface area contributed by atoms with Crippen LogP contribution >= 0.6 is 0 Å². The van der Waals surface area contributed by atoms with Crippen LogP contribution in [0.25, 0.3) is 0 Å². The van der Waals surface area contributed by atoms with E-state index in [1.807, 2.05) is 41.0 Å². The van der Waals surface area contributed by atoms with Crippen molar-refractivity contribution in [2.45, 2.75) is 25.8 Å². The molecular weight excluding hydrogens is 290 g/mol. The SMILES string of the molecule is CN(CCn1cccn1)c1ccnc(C(=O)N2CCCCC2)c1. The van der Waals surface area contributed by atoms with Gasteiger partial charge in [0.15, 0.2) is 0 Å². The Kier molecular flexibility index (Phi) is 4.90. The van der Waals surface area contributed by atoms with Crippen LogP contribution in [0.4, 0.5) is 5.69 Å². The Hall–Kier alpha value is -2.37. The Bertz CT molecular complexity index is 634. The summed E-state index contributed by atoms with van der Waals surface area (Å²) in [6.07, 6.45) is 8.85. The lowest BCUT2D eigenvalue weighted by molar-refractivity contribution is 0.0718. The number of aromatic nitrogens is 3. The van der Waals surface area contributed by atoms with Gasteiger partial charge in [-0.1, -0.05) is 0 Å². The van der Waals surface area contributed by atoms with Crippen molar-refractivity contribution < 1.29 is 4.79 Å². The number of piperidine rings is 1. The zero-order chi connectivity index (χ0) is 16.1. The first-order valence-electron chi connectivity index (χ1n) is 8.18. The quantitative estimate of drug-likeness (QED) is 0.847. The van der Waals surface area contributed by atoms with Gasteiger partial charge in [0.2, 0.25) is 0 Å². The molecule has 1 saturated heterocycles. The van der Waals surface area contributed by atoms with Gasteiger partial charge in [0, 0.05) is 51.0 Å². The van der Waals surface area contributed by atoms with Gasteiger partial charge in [-0.15, -0.1) is 0 Å². The highest BCUT2D eigenvalue weighted by molar-refractivity contribution is 5.93. The Morgan fingerprint density at radius 3 is 2.83 bits per heavy atom. The largest absolute Gasteiger partial charge is 0.373 e. The fourth-order valence-corrected chi connectivity index (χ4v) is 2.85. The van der Waals surface area contributed by atoms with Crippen LogP contribution < -0.4 is 4.90 Å². The first kappa shape index (κ1) is 15.5. The number of rotatable bonds is 5. The first-order chi connectivity index (χ1) is 11.2. The second-order valence-electron chi connectivity index (χ2n) is 5.94. The number of pyridine rings is 1. The Labute approximate surface area is 136 Å². The molecule has 1 aliphatic rings. The highest BCUT2D eigenvalue weighted by Gasteiger charge is 2.19. The minimum Gasteiger partial charge on any atom is -0.373 e. The number of likely N-dealkylation sites (N-methyl/N-ethyl adjacent to an activating group) is 1. The van der Waals surface area contributed by atoms with Crippen molar-refractivity contribution in [2.75, 3.05) is 31.6 Å². The fourth-order valence-electron chi connectivity index (χ4n) is 2.85. The van der Waals surface area contributed by atoms with Crippen LogP contribution in [0.15, 0.2) is 36.8 Å². The normalized spacial score (nSPS) is 14.7. The van der Waals surface area contributed by atoms with E-state index in [0.717, 1.165) is 44.7 Å². The molecule has 0 radical (unpaired) electrons. The smallest absolute Gasteiger partial charge is 0.272 e. The molecule has 2 aromatic rings. The molecule has 0 bridgehead atoms. The van der Waals surface area contributed by atoms with Crippen molar-refractivity contribution in [2.24, 2.45) is 0 Å². The third kappa shape index (κ3) is 3.88. The van der Waals surface area contributed by atoms with Gasteiger partial charge >= 0.3 is 0 Å². The van der Waals surface area contributed by atoms with Crippen LogP contribution in [0.5, 0.6) is 0 Å². The molecular formula is C17H23N5O. The number of hydrogen-bond donors (Lipinski definition) is 0. The second-order valence-corrected chi connectivity index (χ2v) is 5.94. The van der Waals surface area contributed by atoms with Gasteiger partial charge in [-0.05, 0) is 37.5 Å². The highest BCUT2D eigenvalue weighted by atomic mass is 16.2. The molecule has 6 nitrogen and oxygen atoms in total. The number of nitrogens with zero attached hydrogens (tertiary/aromatic N) is 5. The summed E-state index contributed by atoms with van der Waals surface area (Å²) >= 11 is 0. The van der Waals surface area contributed by atoms with Crippen LogP contribution in [0, 0.1) is 0 Å². The highest BCUT2D eigenvalue weighted by Crippen LogP contribution is 2.16. The van der Waals surface area contributed by atoms with Crippen LogP contribution in [0.1, 0.15) is 29.8 Å². The average Bonchev–Trinajstić information content (AvgIpc) is 3.13. The summed E-state index contributed by atoms with van der Waals surface area (Å²) in [5, 5.41) is 4.21. The number of likely N-dealkylation sites (tertiary alicyclic amines) is 1. The molecule has 1 aliphatic heterocycles. The van der Waals surface area contributed by atoms with Crippen molar-refractivity contribution in [1.82, 2.24) is 19.7 Å². The van der Waals surface area contributed by atoms with Gasteiger partial charge in [-0.25, -0.2) is 0 Å². The summed E-state index contributed by atoms with van der Waals surface area (Å²) in [7, 11) is 2.02. The molecule has 0 atom stereocenters. The average molecular weight is 313 g/mol. The molecule has 0 aliphatic carbocycles. The van der Waals surface area contributed by atoms with E-state index in [2.05, 4.69) is 15.0 Å². The van der Waals surface area contributed by atoms with E-state index in [1.165, 1.54) is 6.42 Å². The predicted octanol–water partition coefficient (Wildman–Crippen LogP) is 2.04. The summed E-state index contributed by atoms with van der Waals surface area (Å²) in [5.74, 6) is 0.0482. The number of hydrogen-bond acceptors (Lipinski definition) is 4. The molecule has 0 unspecified atom stereocenters. The molecule has 0 aromatic carbocycles. The maximum atomic E-state index is 12.5. The summed E-state index contributed by atoms with van der Waals surface area (Å²) in [6, 6.07) is 5.75. The topological polar surface area (TPSA) is 54.3 Å². The van der Waals surface area contributed by atoms with Crippen molar-refractivity contribution in [3.8, 4) is 0 Å². The van der Waals surface area contributed by atoms with Gasteiger partial charge in [0.25, 0.3) is 5.91 Å². The maximum Gasteiger partial charge on any atom is 0.272 e. The van der Waals surface area contributed by atoms with Crippen molar-refractivity contribution >= 4 is 11.6 Å². The third-order valence-electron chi connectivity index (χ3n) is 4.27. The van der Waals surface area contributed by atoms with Crippen molar-refractivity contribution in [3.63, 3.8) is 0 Å². The van der Waals surface area contributed by atoms with E-state index in [1.54, 1.807) is 12.4 Å². The second kappa shape index (κ2) is 7.26. The van der Waals surface area contributed by atoms with Crippen LogP contribution in [-0.4, -0.2) is 52.3 Å². The number of anilines is 1. The Balaban J connectivity index is 1.65.